The molecule has 0 radical (unpaired) electrons. The third kappa shape index (κ3) is 4.31. The van der Waals surface area contributed by atoms with Gasteiger partial charge in [-0.2, -0.15) is 4.98 Å². The summed E-state index contributed by atoms with van der Waals surface area (Å²) in [5.41, 5.74) is 2.28. The third-order valence-corrected chi connectivity index (χ3v) is 4.26. The summed E-state index contributed by atoms with van der Waals surface area (Å²) in [6.45, 7) is 4.08. The van der Waals surface area contributed by atoms with Gasteiger partial charge in [0.2, 0.25) is 5.82 Å². The first kappa shape index (κ1) is 19.4. The molecule has 3 rings (SSSR count). The van der Waals surface area contributed by atoms with Crippen molar-refractivity contribution in [2.45, 2.75) is 26.4 Å². The molecule has 0 fully saturated rings. The van der Waals surface area contributed by atoms with E-state index in [2.05, 4.69) is 24.0 Å². The summed E-state index contributed by atoms with van der Waals surface area (Å²) in [6.07, 6.45) is 0. The minimum absolute atomic E-state index is 0.115. The van der Waals surface area contributed by atoms with Crippen LogP contribution >= 0.6 is 0 Å². The molecule has 0 bridgehead atoms. The number of esters is 1. The molecular formula is C21H22N2O5. The number of benzene rings is 2. The molecule has 3 aromatic rings. The van der Waals surface area contributed by atoms with Crippen molar-refractivity contribution < 1.29 is 23.5 Å². The number of methoxy groups -OCH3 is 2. The Hall–Kier alpha value is -3.35. The van der Waals surface area contributed by atoms with Gasteiger partial charge in [0.05, 0.1) is 25.3 Å². The second-order valence-electron chi connectivity index (χ2n) is 6.43. The highest BCUT2D eigenvalue weighted by Gasteiger charge is 2.16. The van der Waals surface area contributed by atoms with Gasteiger partial charge in [-0.1, -0.05) is 31.1 Å². The number of nitrogens with zero attached hydrogens (tertiary/aromatic N) is 2. The molecule has 28 heavy (non-hydrogen) atoms. The Kier molecular flexibility index (Phi) is 5.93. The zero-order chi connectivity index (χ0) is 20.1. The van der Waals surface area contributed by atoms with E-state index >= 15 is 0 Å². The number of hydrogen-bond donors (Lipinski definition) is 0. The van der Waals surface area contributed by atoms with Crippen LogP contribution in [0, 0.1) is 0 Å². The van der Waals surface area contributed by atoms with E-state index in [1.165, 1.54) is 0 Å². The summed E-state index contributed by atoms with van der Waals surface area (Å²) < 4.78 is 21.0. The minimum atomic E-state index is -0.447. The van der Waals surface area contributed by atoms with Crippen LogP contribution in [0.3, 0.4) is 0 Å². The average Bonchev–Trinajstić information content (AvgIpc) is 3.20. The maximum Gasteiger partial charge on any atom is 0.338 e. The summed E-state index contributed by atoms with van der Waals surface area (Å²) in [5.74, 6) is 1.69. The van der Waals surface area contributed by atoms with Crippen molar-refractivity contribution in [1.82, 2.24) is 10.1 Å². The Bertz CT molecular complexity index is 948. The molecular weight excluding hydrogens is 360 g/mol. The van der Waals surface area contributed by atoms with Gasteiger partial charge >= 0.3 is 5.97 Å². The van der Waals surface area contributed by atoms with Gasteiger partial charge in [0.1, 0.15) is 11.5 Å². The number of carbonyl (C=O) groups is 1. The van der Waals surface area contributed by atoms with Gasteiger partial charge in [-0.3, -0.25) is 0 Å². The summed E-state index contributed by atoms with van der Waals surface area (Å²) in [4.78, 5) is 16.5. The van der Waals surface area contributed by atoms with Gasteiger partial charge in [0, 0.05) is 6.07 Å². The molecule has 0 amide bonds. The summed E-state index contributed by atoms with van der Waals surface area (Å²) in [7, 11) is 3.12. The lowest BCUT2D eigenvalue weighted by molar-refractivity contribution is 0.0430. The lowest BCUT2D eigenvalue weighted by Crippen LogP contribution is -2.05. The lowest BCUT2D eigenvalue weighted by Gasteiger charge is -2.07. The van der Waals surface area contributed by atoms with E-state index < -0.39 is 5.97 Å². The smallest absolute Gasteiger partial charge is 0.338 e. The maximum absolute atomic E-state index is 12.2. The Morgan fingerprint density at radius 2 is 1.82 bits per heavy atom. The van der Waals surface area contributed by atoms with Crippen molar-refractivity contribution in [2.24, 2.45) is 0 Å². The number of aromatic nitrogens is 2. The van der Waals surface area contributed by atoms with Crippen LogP contribution in [0.5, 0.6) is 11.5 Å². The normalized spacial score (nSPS) is 10.8. The summed E-state index contributed by atoms with van der Waals surface area (Å²) in [6, 6.07) is 12.6. The SMILES string of the molecule is COc1ccc(-c2noc(COC(=O)c3ccc(C(C)C)cc3)n2)c(OC)c1. The van der Waals surface area contributed by atoms with E-state index in [0.717, 1.165) is 5.56 Å². The summed E-state index contributed by atoms with van der Waals surface area (Å²) >= 11 is 0. The Labute approximate surface area is 163 Å². The second-order valence-corrected chi connectivity index (χ2v) is 6.43. The van der Waals surface area contributed by atoms with Gasteiger partial charge in [-0.25, -0.2) is 4.79 Å². The van der Waals surface area contributed by atoms with Crippen LogP contribution < -0.4 is 9.47 Å². The predicted molar refractivity (Wildman–Crippen MR) is 102 cm³/mol. The molecule has 0 aliphatic rings. The predicted octanol–water partition coefficient (Wildman–Crippen LogP) is 4.23. The fraction of sp³-hybridized carbons (Fsp3) is 0.286. The molecule has 146 valence electrons. The van der Waals surface area contributed by atoms with E-state index in [9.17, 15) is 4.79 Å². The first-order chi connectivity index (χ1) is 13.5. The first-order valence-electron chi connectivity index (χ1n) is 8.84. The Morgan fingerprint density at radius 1 is 1.07 bits per heavy atom. The largest absolute Gasteiger partial charge is 0.497 e. The average molecular weight is 382 g/mol. The quantitative estimate of drug-likeness (QED) is 0.565. The molecule has 0 aliphatic carbocycles. The number of rotatable bonds is 7. The molecule has 7 nitrogen and oxygen atoms in total. The standard InChI is InChI=1S/C21H22N2O5/c1-13(2)14-5-7-15(8-6-14)21(24)27-12-19-22-20(23-28-19)17-10-9-16(25-3)11-18(17)26-4/h5-11,13H,12H2,1-4H3. The van der Waals surface area contributed by atoms with Crippen LogP contribution in [-0.4, -0.2) is 30.3 Å². The topological polar surface area (TPSA) is 83.7 Å². The number of carbonyl (C=O) groups excluding carboxylic acids is 1. The molecule has 0 N–H and O–H groups in total. The van der Waals surface area contributed by atoms with Gasteiger partial charge in [0.25, 0.3) is 5.89 Å². The van der Waals surface area contributed by atoms with E-state index in [-0.39, 0.29) is 12.5 Å². The lowest BCUT2D eigenvalue weighted by atomic mass is 10.0. The number of hydrogen-bond acceptors (Lipinski definition) is 7. The van der Waals surface area contributed by atoms with Crippen LogP contribution in [0.15, 0.2) is 47.0 Å². The zero-order valence-electron chi connectivity index (χ0n) is 16.3. The summed E-state index contributed by atoms with van der Waals surface area (Å²) in [5, 5.41) is 3.93. The fourth-order valence-corrected chi connectivity index (χ4v) is 2.62. The Morgan fingerprint density at radius 3 is 2.46 bits per heavy atom. The van der Waals surface area contributed by atoms with Crippen LogP contribution in [0.4, 0.5) is 0 Å². The molecule has 0 aliphatic heterocycles. The van der Waals surface area contributed by atoms with Crippen LogP contribution in [-0.2, 0) is 11.3 Å². The monoisotopic (exact) mass is 382 g/mol. The number of ether oxygens (including phenoxy) is 3. The van der Waals surface area contributed by atoms with Crippen LogP contribution in [0.25, 0.3) is 11.4 Å². The molecule has 0 atom stereocenters. The molecule has 0 saturated carbocycles. The van der Waals surface area contributed by atoms with E-state index in [0.29, 0.717) is 34.4 Å². The molecule has 0 saturated heterocycles. The van der Waals surface area contributed by atoms with Crippen molar-refractivity contribution in [3.8, 4) is 22.9 Å². The molecule has 7 heteroatoms. The molecule has 0 unspecified atom stereocenters. The highest BCUT2D eigenvalue weighted by Crippen LogP contribution is 2.31. The van der Waals surface area contributed by atoms with Crippen LogP contribution in [0.1, 0.15) is 41.6 Å². The van der Waals surface area contributed by atoms with E-state index in [4.69, 9.17) is 18.7 Å². The molecule has 2 aromatic carbocycles. The van der Waals surface area contributed by atoms with E-state index in [1.807, 2.05) is 12.1 Å². The first-order valence-corrected chi connectivity index (χ1v) is 8.84. The molecule has 0 spiro atoms. The van der Waals surface area contributed by atoms with Crippen molar-refractivity contribution in [3.05, 3.63) is 59.5 Å². The van der Waals surface area contributed by atoms with Crippen molar-refractivity contribution in [2.75, 3.05) is 14.2 Å². The fourth-order valence-electron chi connectivity index (χ4n) is 2.62. The van der Waals surface area contributed by atoms with E-state index in [1.54, 1.807) is 44.6 Å². The van der Waals surface area contributed by atoms with Crippen molar-refractivity contribution >= 4 is 5.97 Å². The van der Waals surface area contributed by atoms with Gasteiger partial charge < -0.3 is 18.7 Å². The third-order valence-electron chi connectivity index (χ3n) is 4.26. The van der Waals surface area contributed by atoms with Gasteiger partial charge in [-0.05, 0) is 35.7 Å². The highest BCUT2D eigenvalue weighted by atomic mass is 16.6. The molecule has 1 aromatic heterocycles. The zero-order valence-corrected chi connectivity index (χ0v) is 16.3. The Balaban J connectivity index is 1.67. The van der Waals surface area contributed by atoms with Crippen molar-refractivity contribution in [1.29, 1.82) is 0 Å². The van der Waals surface area contributed by atoms with Gasteiger partial charge in [-0.15, -0.1) is 0 Å². The van der Waals surface area contributed by atoms with Crippen LogP contribution in [0.2, 0.25) is 0 Å². The highest BCUT2D eigenvalue weighted by molar-refractivity contribution is 5.89. The second kappa shape index (κ2) is 8.56. The minimum Gasteiger partial charge on any atom is -0.497 e. The molecule has 1 heterocycles. The maximum atomic E-state index is 12.2. The van der Waals surface area contributed by atoms with Gasteiger partial charge in [0.15, 0.2) is 6.61 Å². The van der Waals surface area contributed by atoms with Crippen molar-refractivity contribution in [3.63, 3.8) is 0 Å².